The predicted octanol–water partition coefficient (Wildman–Crippen LogP) is 4.66. The first-order chi connectivity index (χ1) is 13.3. The van der Waals surface area contributed by atoms with Gasteiger partial charge in [-0.2, -0.15) is 0 Å². The van der Waals surface area contributed by atoms with E-state index in [4.69, 9.17) is 11.6 Å². The molecule has 3 atom stereocenters. The Morgan fingerprint density at radius 3 is 2.82 bits per heavy atom. The Kier molecular flexibility index (Phi) is 6.71. The molecule has 1 N–H and O–H groups in total. The molecule has 0 radical (unpaired) electrons. The van der Waals surface area contributed by atoms with E-state index in [-0.39, 0.29) is 29.3 Å². The third-order valence-electron chi connectivity index (χ3n) is 5.73. The first kappa shape index (κ1) is 21.2. The zero-order chi connectivity index (χ0) is 20.4. The van der Waals surface area contributed by atoms with E-state index in [2.05, 4.69) is 24.1 Å². The van der Waals surface area contributed by atoms with Gasteiger partial charge in [-0.3, -0.25) is 14.2 Å². The first-order valence-corrected chi connectivity index (χ1v) is 11.3. The fourth-order valence-corrected chi connectivity index (χ4v) is 4.98. The van der Waals surface area contributed by atoms with Gasteiger partial charge in [-0.1, -0.05) is 50.1 Å². The van der Waals surface area contributed by atoms with Gasteiger partial charge in [0.05, 0.1) is 16.7 Å². The first-order valence-electron chi connectivity index (χ1n) is 9.92. The second kappa shape index (κ2) is 8.87. The molecule has 1 aromatic carbocycles. The Balaban J connectivity index is 1.78. The SMILES string of the molecule is CC(C)n1c(SCC(=O)N[C@H]2CCC[C@@H](C)[C@H]2C)nc2cc(Cl)ccc2c1=O. The quantitative estimate of drug-likeness (QED) is 0.563. The predicted molar refractivity (Wildman–Crippen MR) is 116 cm³/mol. The second-order valence-electron chi connectivity index (χ2n) is 8.05. The number of aromatic nitrogens is 2. The van der Waals surface area contributed by atoms with E-state index in [1.54, 1.807) is 22.8 Å². The highest BCUT2D eigenvalue weighted by atomic mass is 35.5. The monoisotopic (exact) mass is 421 g/mol. The second-order valence-corrected chi connectivity index (χ2v) is 9.43. The standard InChI is InChI=1S/C21H28ClN3O2S/c1-12(2)25-20(27)16-9-8-15(22)10-18(16)24-21(25)28-11-19(26)23-17-7-5-6-13(3)14(17)4/h8-10,12-14,17H,5-7,11H2,1-4H3,(H,23,26)/t13-,14-,17+/m1/s1. The van der Waals surface area contributed by atoms with Crippen LogP contribution in [0.3, 0.4) is 0 Å². The molecular weight excluding hydrogens is 394 g/mol. The van der Waals surface area contributed by atoms with Gasteiger partial charge in [-0.15, -0.1) is 0 Å². The van der Waals surface area contributed by atoms with Crippen LogP contribution in [-0.2, 0) is 4.79 Å². The van der Waals surface area contributed by atoms with Crippen molar-refractivity contribution in [3.63, 3.8) is 0 Å². The average Bonchev–Trinajstić information content (AvgIpc) is 2.63. The van der Waals surface area contributed by atoms with Crippen molar-refractivity contribution in [2.75, 3.05) is 5.75 Å². The number of carbonyl (C=O) groups is 1. The summed E-state index contributed by atoms with van der Waals surface area (Å²) in [7, 11) is 0. The molecule has 7 heteroatoms. The molecule has 5 nitrogen and oxygen atoms in total. The molecule has 0 unspecified atom stereocenters. The molecule has 1 fully saturated rings. The Hall–Kier alpha value is -1.53. The number of halogens is 1. The number of nitrogens with zero attached hydrogens (tertiary/aromatic N) is 2. The zero-order valence-electron chi connectivity index (χ0n) is 16.9. The van der Waals surface area contributed by atoms with Crippen LogP contribution in [-0.4, -0.2) is 27.3 Å². The number of nitrogens with one attached hydrogen (secondary N) is 1. The third-order valence-corrected chi connectivity index (χ3v) is 6.92. The summed E-state index contributed by atoms with van der Waals surface area (Å²) in [6.07, 6.45) is 3.42. The zero-order valence-corrected chi connectivity index (χ0v) is 18.4. The van der Waals surface area contributed by atoms with Crippen molar-refractivity contribution in [2.45, 2.75) is 64.2 Å². The number of rotatable bonds is 5. The van der Waals surface area contributed by atoms with Crippen molar-refractivity contribution >= 4 is 40.2 Å². The Bertz CT molecular complexity index is 928. The molecule has 2 aromatic rings. The van der Waals surface area contributed by atoms with Gasteiger partial charge >= 0.3 is 0 Å². The fraction of sp³-hybridized carbons (Fsp3) is 0.571. The molecule has 28 heavy (non-hydrogen) atoms. The number of carbonyl (C=O) groups excluding carboxylic acids is 1. The normalized spacial score (nSPS) is 22.6. The summed E-state index contributed by atoms with van der Waals surface area (Å²) in [6.45, 7) is 8.36. The van der Waals surface area contributed by atoms with E-state index in [1.807, 2.05) is 13.8 Å². The molecule has 0 aliphatic heterocycles. The van der Waals surface area contributed by atoms with Gasteiger partial charge in [0, 0.05) is 17.1 Å². The Labute approximate surface area is 175 Å². The topological polar surface area (TPSA) is 64.0 Å². The third kappa shape index (κ3) is 4.54. The van der Waals surface area contributed by atoms with Crippen LogP contribution in [0.15, 0.2) is 28.2 Å². The molecule has 1 heterocycles. The summed E-state index contributed by atoms with van der Waals surface area (Å²) in [5.41, 5.74) is 0.460. The summed E-state index contributed by atoms with van der Waals surface area (Å²) in [5.74, 6) is 1.34. The summed E-state index contributed by atoms with van der Waals surface area (Å²) < 4.78 is 1.65. The van der Waals surface area contributed by atoms with Gasteiger partial charge in [0.2, 0.25) is 5.91 Å². The maximum Gasteiger partial charge on any atom is 0.262 e. The van der Waals surface area contributed by atoms with Crippen LogP contribution in [0.5, 0.6) is 0 Å². The summed E-state index contributed by atoms with van der Waals surface area (Å²) in [5, 5.41) is 4.81. The van der Waals surface area contributed by atoms with Crippen LogP contribution in [0.2, 0.25) is 5.02 Å². The molecule has 152 valence electrons. The minimum atomic E-state index is -0.102. The molecule has 0 saturated heterocycles. The number of hydrogen-bond donors (Lipinski definition) is 1. The van der Waals surface area contributed by atoms with Gasteiger partial charge in [0.15, 0.2) is 5.16 Å². The Morgan fingerprint density at radius 1 is 1.36 bits per heavy atom. The number of benzene rings is 1. The number of hydrogen-bond acceptors (Lipinski definition) is 4. The van der Waals surface area contributed by atoms with E-state index in [0.29, 0.717) is 32.9 Å². The smallest absolute Gasteiger partial charge is 0.262 e. The number of thioether (sulfide) groups is 1. The van der Waals surface area contributed by atoms with Crippen LogP contribution >= 0.6 is 23.4 Å². The van der Waals surface area contributed by atoms with E-state index < -0.39 is 0 Å². The van der Waals surface area contributed by atoms with Gasteiger partial charge in [0.1, 0.15) is 0 Å². The molecule has 3 rings (SSSR count). The average molecular weight is 422 g/mol. The van der Waals surface area contributed by atoms with Crippen LogP contribution in [0.25, 0.3) is 10.9 Å². The molecule has 0 bridgehead atoms. The van der Waals surface area contributed by atoms with Crippen molar-refractivity contribution in [2.24, 2.45) is 11.8 Å². The summed E-state index contributed by atoms with van der Waals surface area (Å²) in [4.78, 5) is 30.1. The van der Waals surface area contributed by atoms with E-state index in [9.17, 15) is 9.59 Å². The lowest BCUT2D eigenvalue weighted by Crippen LogP contribution is -2.44. The van der Waals surface area contributed by atoms with Crippen LogP contribution in [0.4, 0.5) is 0 Å². The van der Waals surface area contributed by atoms with Gasteiger partial charge in [0.25, 0.3) is 5.56 Å². The highest BCUT2D eigenvalue weighted by Crippen LogP contribution is 2.29. The van der Waals surface area contributed by atoms with E-state index in [1.165, 1.54) is 18.2 Å². The molecule has 1 aromatic heterocycles. The highest BCUT2D eigenvalue weighted by Gasteiger charge is 2.28. The fourth-order valence-electron chi connectivity index (χ4n) is 3.87. The lowest BCUT2D eigenvalue weighted by Gasteiger charge is -2.34. The largest absolute Gasteiger partial charge is 0.352 e. The van der Waals surface area contributed by atoms with Gasteiger partial charge in [-0.05, 0) is 50.3 Å². The molecular formula is C21H28ClN3O2S. The van der Waals surface area contributed by atoms with Gasteiger partial charge in [-0.25, -0.2) is 4.98 Å². The van der Waals surface area contributed by atoms with E-state index in [0.717, 1.165) is 12.8 Å². The van der Waals surface area contributed by atoms with Crippen LogP contribution in [0, 0.1) is 11.8 Å². The van der Waals surface area contributed by atoms with Crippen molar-refractivity contribution in [3.05, 3.63) is 33.6 Å². The molecule has 1 saturated carbocycles. The van der Waals surface area contributed by atoms with Crippen LogP contribution < -0.4 is 10.9 Å². The molecule has 1 aliphatic carbocycles. The van der Waals surface area contributed by atoms with Gasteiger partial charge < -0.3 is 5.32 Å². The number of amides is 1. The van der Waals surface area contributed by atoms with E-state index >= 15 is 0 Å². The summed E-state index contributed by atoms with van der Waals surface area (Å²) >= 11 is 7.37. The summed E-state index contributed by atoms with van der Waals surface area (Å²) in [6, 6.07) is 5.28. The number of fused-ring (bicyclic) bond motifs is 1. The van der Waals surface area contributed by atoms with Crippen molar-refractivity contribution < 1.29 is 4.79 Å². The van der Waals surface area contributed by atoms with Crippen molar-refractivity contribution in [3.8, 4) is 0 Å². The minimum absolute atomic E-state index is 0.00769. The van der Waals surface area contributed by atoms with Crippen molar-refractivity contribution in [1.29, 1.82) is 0 Å². The van der Waals surface area contributed by atoms with Crippen LogP contribution in [0.1, 0.15) is 53.0 Å². The lowest BCUT2D eigenvalue weighted by atomic mass is 9.78. The molecule has 1 amide bonds. The molecule has 0 spiro atoms. The lowest BCUT2D eigenvalue weighted by molar-refractivity contribution is -0.120. The minimum Gasteiger partial charge on any atom is -0.352 e. The van der Waals surface area contributed by atoms with Crippen molar-refractivity contribution in [1.82, 2.24) is 14.9 Å². The Morgan fingerprint density at radius 2 is 2.11 bits per heavy atom. The maximum absolute atomic E-state index is 12.9. The maximum atomic E-state index is 12.9. The highest BCUT2D eigenvalue weighted by molar-refractivity contribution is 7.99. The molecule has 1 aliphatic rings.